The molecule has 0 unspecified atom stereocenters. The minimum Gasteiger partial charge on any atom is -0.493 e. The van der Waals surface area contributed by atoms with Gasteiger partial charge in [0, 0.05) is 10.9 Å². The number of benzene rings is 1. The Hall–Kier alpha value is -0.220. The molecule has 0 spiro atoms. The molecule has 1 rings (SSSR count). The quantitative estimate of drug-likeness (QED) is 0.550. The number of ether oxygens (including phenoxy) is 1. The fraction of sp³-hybridized carbons (Fsp3) is 0.500. The van der Waals surface area contributed by atoms with Crippen LogP contribution in [0.4, 0.5) is 4.39 Å². The van der Waals surface area contributed by atoms with Crippen LogP contribution in [0.2, 0.25) is 0 Å². The van der Waals surface area contributed by atoms with Gasteiger partial charge in [0.15, 0.2) is 0 Å². The fourth-order valence-electron chi connectivity index (χ4n) is 1.28. The molecule has 0 heterocycles. The van der Waals surface area contributed by atoms with E-state index in [-0.39, 0.29) is 5.82 Å². The Kier molecular flexibility index (Phi) is 6.88. The molecule has 0 aliphatic rings. The minimum atomic E-state index is -0.219. The predicted octanol–water partition coefficient (Wildman–Crippen LogP) is 4.24. The van der Waals surface area contributed by atoms with Gasteiger partial charge < -0.3 is 4.74 Å². The summed E-state index contributed by atoms with van der Waals surface area (Å²) in [4.78, 5) is 0. The monoisotopic (exact) mass is 306 g/mol. The molecule has 0 aliphatic carbocycles. The molecule has 0 bridgehead atoms. The van der Waals surface area contributed by atoms with E-state index in [0.717, 1.165) is 29.2 Å². The summed E-state index contributed by atoms with van der Waals surface area (Å²) in [5.74, 6) is 2.81. The molecule has 0 saturated heterocycles. The molecule has 0 atom stereocenters. The molecule has 0 amide bonds. The molecule has 0 fully saturated rings. The Balaban J connectivity index is 2.41. The predicted molar refractivity (Wildman–Crippen MR) is 72.1 cm³/mol. The van der Waals surface area contributed by atoms with Crippen LogP contribution < -0.4 is 4.74 Å². The highest BCUT2D eigenvalue weighted by atomic mass is 79.9. The lowest BCUT2D eigenvalue weighted by Gasteiger charge is -2.09. The second kappa shape index (κ2) is 7.96. The van der Waals surface area contributed by atoms with Gasteiger partial charge in [-0.3, -0.25) is 0 Å². The second-order valence-electron chi connectivity index (χ2n) is 3.28. The third kappa shape index (κ3) is 4.74. The van der Waals surface area contributed by atoms with Gasteiger partial charge in [0.1, 0.15) is 11.6 Å². The zero-order valence-electron chi connectivity index (χ0n) is 9.34. The van der Waals surface area contributed by atoms with Crippen molar-refractivity contribution in [2.75, 3.05) is 18.1 Å². The van der Waals surface area contributed by atoms with E-state index in [1.807, 2.05) is 11.8 Å². The van der Waals surface area contributed by atoms with Gasteiger partial charge in [-0.2, -0.15) is 11.8 Å². The van der Waals surface area contributed by atoms with Crippen molar-refractivity contribution in [3.8, 4) is 5.75 Å². The van der Waals surface area contributed by atoms with Crippen molar-refractivity contribution >= 4 is 27.7 Å². The topological polar surface area (TPSA) is 9.23 Å². The lowest BCUT2D eigenvalue weighted by atomic mass is 10.2. The highest BCUT2D eigenvalue weighted by Crippen LogP contribution is 2.22. The molecule has 1 aromatic carbocycles. The molecule has 1 nitrogen and oxygen atoms in total. The van der Waals surface area contributed by atoms with E-state index in [1.165, 1.54) is 12.1 Å². The zero-order valence-corrected chi connectivity index (χ0v) is 11.7. The second-order valence-corrected chi connectivity index (χ2v) is 5.24. The summed E-state index contributed by atoms with van der Waals surface area (Å²) in [6.07, 6.45) is 1.03. The molecular formula is C12H16BrFOS. The molecule has 90 valence electrons. The highest BCUT2D eigenvalue weighted by molar-refractivity contribution is 9.08. The van der Waals surface area contributed by atoms with Crippen LogP contribution in [0.5, 0.6) is 5.75 Å². The maximum atomic E-state index is 12.9. The van der Waals surface area contributed by atoms with Crippen molar-refractivity contribution in [1.82, 2.24) is 0 Å². The molecule has 1 aromatic rings. The standard InChI is InChI=1S/C12H16BrFOS/c1-2-16-7-3-6-15-12-5-4-11(14)8-10(12)9-13/h4-5,8H,2-3,6-7,9H2,1H3. The number of halogens is 2. The van der Waals surface area contributed by atoms with E-state index in [1.54, 1.807) is 6.07 Å². The first-order valence-corrected chi connectivity index (χ1v) is 7.60. The highest BCUT2D eigenvalue weighted by Gasteiger charge is 2.03. The van der Waals surface area contributed by atoms with E-state index in [4.69, 9.17) is 4.74 Å². The molecule has 0 saturated carbocycles. The lowest BCUT2D eigenvalue weighted by molar-refractivity contribution is 0.316. The molecule has 0 aromatic heterocycles. The third-order valence-electron chi connectivity index (χ3n) is 2.06. The summed E-state index contributed by atoms with van der Waals surface area (Å²) in [5, 5.41) is 0.615. The van der Waals surface area contributed by atoms with Crippen molar-refractivity contribution < 1.29 is 9.13 Å². The molecular weight excluding hydrogens is 291 g/mol. The molecule has 0 radical (unpaired) electrons. The Morgan fingerprint density at radius 2 is 2.25 bits per heavy atom. The van der Waals surface area contributed by atoms with Crippen molar-refractivity contribution in [3.63, 3.8) is 0 Å². The summed E-state index contributed by atoms with van der Waals surface area (Å²) in [6, 6.07) is 4.63. The van der Waals surface area contributed by atoms with Gasteiger partial charge in [0.2, 0.25) is 0 Å². The van der Waals surface area contributed by atoms with Crippen LogP contribution in [0.1, 0.15) is 18.9 Å². The smallest absolute Gasteiger partial charge is 0.123 e. The summed E-state index contributed by atoms with van der Waals surface area (Å²) in [5.41, 5.74) is 0.864. The van der Waals surface area contributed by atoms with Gasteiger partial charge in [-0.1, -0.05) is 22.9 Å². The van der Waals surface area contributed by atoms with E-state index in [0.29, 0.717) is 11.9 Å². The summed E-state index contributed by atoms with van der Waals surface area (Å²) >= 11 is 5.23. The average molecular weight is 307 g/mol. The summed E-state index contributed by atoms with van der Waals surface area (Å²) in [7, 11) is 0. The SMILES string of the molecule is CCSCCCOc1ccc(F)cc1CBr. The van der Waals surface area contributed by atoms with Gasteiger partial charge in [0.25, 0.3) is 0 Å². The maximum Gasteiger partial charge on any atom is 0.123 e. The van der Waals surface area contributed by atoms with Crippen LogP contribution in [0.25, 0.3) is 0 Å². The van der Waals surface area contributed by atoms with Gasteiger partial charge in [-0.15, -0.1) is 0 Å². The summed E-state index contributed by atoms with van der Waals surface area (Å²) in [6.45, 7) is 2.84. The van der Waals surface area contributed by atoms with E-state index >= 15 is 0 Å². The molecule has 0 N–H and O–H groups in total. The van der Waals surface area contributed by atoms with E-state index in [2.05, 4.69) is 22.9 Å². The summed E-state index contributed by atoms with van der Waals surface area (Å²) < 4.78 is 18.6. The first-order chi connectivity index (χ1) is 7.77. The van der Waals surface area contributed by atoms with Crippen LogP contribution in [0.15, 0.2) is 18.2 Å². The lowest BCUT2D eigenvalue weighted by Crippen LogP contribution is -2.01. The normalized spacial score (nSPS) is 10.4. The van der Waals surface area contributed by atoms with Crippen LogP contribution >= 0.6 is 27.7 Å². The number of thioether (sulfide) groups is 1. The fourth-order valence-corrected chi connectivity index (χ4v) is 2.33. The first-order valence-electron chi connectivity index (χ1n) is 5.33. The van der Waals surface area contributed by atoms with Crippen LogP contribution in [-0.4, -0.2) is 18.1 Å². The Labute approximate surface area is 109 Å². The molecule has 4 heteroatoms. The number of hydrogen-bond donors (Lipinski definition) is 0. The van der Waals surface area contributed by atoms with Gasteiger partial charge in [-0.05, 0) is 36.1 Å². The van der Waals surface area contributed by atoms with E-state index in [9.17, 15) is 4.39 Å². The Morgan fingerprint density at radius 1 is 1.44 bits per heavy atom. The molecule has 16 heavy (non-hydrogen) atoms. The van der Waals surface area contributed by atoms with Crippen molar-refractivity contribution in [1.29, 1.82) is 0 Å². The van der Waals surface area contributed by atoms with E-state index < -0.39 is 0 Å². The van der Waals surface area contributed by atoms with Gasteiger partial charge in [-0.25, -0.2) is 4.39 Å². The third-order valence-corrected chi connectivity index (χ3v) is 3.65. The maximum absolute atomic E-state index is 12.9. The van der Waals surface area contributed by atoms with Crippen molar-refractivity contribution in [2.45, 2.75) is 18.7 Å². The Bertz CT molecular complexity index is 320. The van der Waals surface area contributed by atoms with Crippen molar-refractivity contribution in [2.24, 2.45) is 0 Å². The molecule has 0 aliphatic heterocycles. The zero-order chi connectivity index (χ0) is 11.8. The average Bonchev–Trinajstić information content (AvgIpc) is 2.30. The Morgan fingerprint density at radius 3 is 2.94 bits per heavy atom. The number of hydrogen-bond acceptors (Lipinski definition) is 2. The number of rotatable bonds is 7. The van der Waals surface area contributed by atoms with Crippen LogP contribution in [-0.2, 0) is 5.33 Å². The largest absolute Gasteiger partial charge is 0.493 e. The minimum absolute atomic E-state index is 0.219. The number of alkyl halides is 1. The van der Waals surface area contributed by atoms with Gasteiger partial charge >= 0.3 is 0 Å². The van der Waals surface area contributed by atoms with Crippen LogP contribution in [0, 0.1) is 5.82 Å². The van der Waals surface area contributed by atoms with Crippen molar-refractivity contribution in [3.05, 3.63) is 29.6 Å². The van der Waals surface area contributed by atoms with Gasteiger partial charge in [0.05, 0.1) is 6.61 Å². The van der Waals surface area contributed by atoms with Crippen LogP contribution in [0.3, 0.4) is 0 Å². The first kappa shape index (κ1) is 13.8.